The zero-order valence-electron chi connectivity index (χ0n) is 24.5. The number of carbonyl (C=O) groups excluding carboxylic acids is 2. The molecule has 0 radical (unpaired) electrons. The van der Waals surface area contributed by atoms with Crippen molar-refractivity contribution in [1.29, 1.82) is 0 Å². The summed E-state index contributed by atoms with van der Waals surface area (Å²) in [5.74, 6) is 0.329. The summed E-state index contributed by atoms with van der Waals surface area (Å²) in [6.45, 7) is 3.76. The van der Waals surface area contributed by atoms with Gasteiger partial charge in [0.15, 0.2) is 17.7 Å². The van der Waals surface area contributed by atoms with E-state index < -0.39 is 24.3 Å². The lowest BCUT2D eigenvalue weighted by Gasteiger charge is -2.28. The van der Waals surface area contributed by atoms with Crippen molar-refractivity contribution in [2.75, 3.05) is 20.3 Å². The smallest absolute Gasteiger partial charge is 0.337 e. The summed E-state index contributed by atoms with van der Waals surface area (Å²) in [6.07, 6.45) is 0.341. The van der Waals surface area contributed by atoms with Crippen molar-refractivity contribution in [1.82, 2.24) is 16.1 Å². The number of rotatable bonds is 13. The third kappa shape index (κ3) is 8.96. The first-order valence-electron chi connectivity index (χ1n) is 13.7. The van der Waals surface area contributed by atoms with Gasteiger partial charge in [0.1, 0.15) is 24.8 Å². The van der Waals surface area contributed by atoms with Gasteiger partial charge >= 0.3 is 12.0 Å². The SMILES string of the molecule is CCOc1cc([C@@H]2NC(=O)NC(C)=C2C(=O)OC)ccc1OC[C@H](O)N/N=C\c1cc(Br)c(OCc2cccc(F)c2)c(Br)c1. The molecule has 45 heavy (non-hydrogen) atoms. The molecule has 0 aliphatic carbocycles. The molecule has 2 amide bonds. The number of allylic oxidation sites excluding steroid dienone is 1. The van der Waals surface area contributed by atoms with Crippen LogP contribution in [0.5, 0.6) is 17.2 Å². The number of hydrogen-bond acceptors (Lipinski definition) is 9. The van der Waals surface area contributed by atoms with Gasteiger partial charge in [-0.2, -0.15) is 5.10 Å². The van der Waals surface area contributed by atoms with Gasteiger partial charge in [0.05, 0.1) is 40.5 Å². The molecular formula is C31H31Br2FN4O7. The van der Waals surface area contributed by atoms with E-state index in [9.17, 15) is 19.1 Å². The molecule has 2 atom stereocenters. The molecule has 0 saturated heterocycles. The summed E-state index contributed by atoms with van der Waals surface area (Å²) in [5.41, 5.74) is 5.21. The number of nitrogens with zero attached hydrogens (tertiary/aromatic N) is 1. The number of hydrazone groups is 1. The van der Waals surface area contributed by atoms with E-state index >= 15 is 0 Å². The number of halogens is 3. The number of benzene rings is 3. The molecule has 1 heterocycles. The lowest BCUT2D eigenvalue weighted by atomic mass is 9.95. The fourth-order valence-corrected chi connectivity index (χ4v) is 5.84. The molecule has 1 aliphatic rings. The zero-order valence-corrected chi connectivity index (χ0v) is 27.7. The van der Waals surface area contributed by atoms with Crippen LogP contribution in [-0.4, -0.2) is 49.9 Å². The summed E-state index contributed by atoms with van der Waals surface area (Å²) < 4.78 is 37.0. The number of methoxy groups -OCH3 is 1. The number of ether oxygens (including phenoxy) is 4. The van der Waals surface area contributed by atoms with Crippen molar-refractivity contribution in [2.24, 2.45) is 5.10 Å². The van der Waals surface area contributed by atoms with Crippen LogP contribution in [-0.2, 0) is 16.1 Å². The van der Waals surface area contributed by atoms with E-state index in [4.69, 9.17) is 18.9 Å². The second kappa shape index (κ2) is 15.7. The van der Waals surface area contributed by atoms with Gasteiger partial charge in [0.25, 0.3) is 0 Å². The Morgan fingerprint density at radius 2 is 1.87 bits per heavy atom. The van der Waals surface area contributed by atoms with Gasteiger partial charge in [-0.15, -0.1) is 0 Å². The van der Waals surface area contributed by atoms with E-state index in [0.29, 0.717) is 55.2 Å². The maximum Gasteiger partial charge on any atom is 0.337 e. The normalized spacial score (nSPS) is 15.3. The predicted molar refractivity (Wildman–Crippen MR) is 172 cm³/mol. The van der Waals surface area contributed by atoms with Crippen molar-refractivity contribution >= 4 is 50.1 Å². The number of urea groups is 1. The average Bonchev–Trinajstić information content (AvgIpc) is 2.99. The molecular weight excluding hydrogens is 719 g/mol. The first-order valence-corrected chi connectivity index (χ1v) is 15.3. The molecule has 14 heteroatoms. The second-order valence-electron chi connectivity index (χ2n) is 9.65. The van der Waals surface area contributed by atoms with E-state index in [-0.39, 0.29) is 24.6 Å². The minimum Gasteiger partial charge on any atom is -0.490 e. The highest BCUT2D eigenvalue weighted by molar-refractivity contribution is 9.11. The van der Waals surface area contributed by atoms with Gasteiger partial charge in [0, 0.05) is 5.70 Å². The highest BCUT2D eigenvalue weighted by Crippen LogP contribution is 2.36. The van der Waals surface area contributed by atoms with E-state index in [0.717, 1.165) is 0 Å². The lowest BCUT2D eigenvalue weighted by molar-refractivity contribution is -0.136. The Morgan fingerprint density at radius 3 is 2.56 bits per heavy atom. The maximum atomic E-state index is 13.5. The van der Waals surface area contributed by atoms with Crippen LogP contribution in [0, 0.1) is 5.82 Å². The molecule has 11 nitrogen and oxygen atoms in total. The second-order valence-corrected chi connectivity index (χ2v) is 11.4. The maximum absolute atomic E-state index is 13.5. The van der Waals surface area contributed by atoms with Crippen LogP contribution < -0.4 is 30.3 Å². The topological polar surface area (TPSA) is 140 Å². The molecule has 0 spiro atoms. The molecule has 0 unspecified atom stereocenters. The Bertz CT molecular complexity index is 1600. The number of aliphatic hydroxyl groups excluding tert-OH is 1. The van der Waals surface area contributed by atoms with Crippen LogP contribution in [0.4, 0.5) is 9.18 Å². The predicted octanol–water partition coefficient (Wildman–Crippen LogP) is 5.45. The Kier molecular flexibility index (Phi) is 11.8. The number of carbonyl (C=O) groups is 2. The van der Waals surface area contributed by atoms with Crippen LogP contribution in [0.15, 0.2) is 79.9 Å². The molecule has 4 N–H and O–H groups in total. The molecule has 0 bridgehead atoms. The highest BCUT2D eigenvalue weighted by Gasteiger charge is 2.32. The van der Waals surface area contributed by atoms with Gasteiger partial charge in [-0.05, 0) is 98.8 Å². The third-order valence-corrected chi connectivity index (χ3v) is 7.58. The molecule has 238 valence electrons. The Balaban J connectivity index is 1.37. The minimum absolute atomic E-state index is 0.173. The number of nitrogens with one attached hydrogen (secondary N) is 3. The monoisotopic (exact) mass is 748 g/mol. The van der Waals surface area contributed by atoms with Gasteiger partial charge < -0.3 is 34.7 Å². The molecule has 0 saturated carbocycles. The van der Waals surface area contributed by atoms with Crippen molar-refractivity contribution < 1.29 is 38.0 Å². The first kappa shape index (κ1) is 33.7. The minimum atomic E-state index is -1.17. The average molecular weight is 750 g/mol. The quantitative estimate of drug-likeness (QED) is 0.0784. The number of esters is 1. The Hall–Kier alpha value is -4.14. The fourth-order valence-electron chi connectivity index (χ4n) is 4.39. The van der Waals surface area contributed by atoms with E-state index in [1.807, 2.05) is 0 Å². The third-order valence-electron chi connectivity index (χ3n) is 6.40. The fraction of sp³-hybridized carbons (Fsp3) is 0.258. The van der Waals surface area contributed by atoms with Gasteiger partial charge in [-0.1, -0.05) is 18.2 Å². The number of hydrogen-bond donors (Lipinski definition) is 4. The van der Waals surface area contributed by atoms with Crippen LogP contribution in [0.3, 0.4) is 0 Å². The van der Waals surface area contributed by atoms with E-state index in [1.54, 1.807) is 56.3 Å². The van der Waals surface area contributed by atoms with Crippen molar-refractivity contribution in [2.45, 2.75) is 32.7 Å². The van der Waals surface area contributed by atoms with Crippen LogP contribution in [0.25, 0.3) is 0 Å². The molecule has 4 rings (SSSR count). The first-order chi connectivity index (χ1) is 21.6. The van der Waals surface area contributed by atoms with E-state index in [1.165, 1.54) is 25.5 Å². The summed E-state index contributed by atoms with van der Waals surface area (Å²) in [6, 6.07) is 13.5. The summed E-state index contributed by atoms with van der Waals surface area (Å²) >= 11 is 6.97. The molecule has 1 aliphatic heterocycles. The van der Waals surface area contributed by atoms with Gasteiger partial charge in [0.2, 0.25) is 0 Å². The van der Waals surface area contributed by atoms with Gasteiger partial charge in [-0.3, -0.25) is 5.43 Å². The lowest BCUT2D eigenvalue weighted by Crippen LogP contribution is -2.45. The summed E-state index contributed by atoms with van der Waals surface area (Å²) in [5, 5.41) is 19.8. The Labute approximate surface area is 276 Å². The molecule has 3 aromatic carbocycles. The molecule has 0 aromatic heterocycles. The number of amides is 2. The van der Waals surface area contributed by atoms with Crippen molar-refractivity contribution in [3.05, 3.63) is 97.3 Å². The Morgan fingerprint density at radius 1 is 1.11 bits per heavy atom. The summed E-state index contributed by atoms with van der Waals surface area (Å²) in [7, 11) is 1.27. The van der Waals surface area contributed by atoms with Crippen molar-refractivity contribution in [3.63, 3.8) is 0 Å². The van der Waals surface area contributed by atoms with Crippen molar-refractivity contribution in [3.8, 4) is 17.2 Å². The summed E-state index contributed by atoms with van der Waals surface area (Å²) in [4.78, 5) is 24.6. The zero-order chi connectivity index (χ0) is 32.5. The molecule has 3 aromatic rings. The van der Waals surface area contributed by atoms with Gasteiger partial charge in [-0.25, -0.2) is 14.0 Å². The van der Waals surface area contributed by atoms with Crippen LogP contribution in [0.2, 0.25) is 0 Å². The standard InChI is InChI=1S/C31H31Br2FN4O7/c1-4-43-25-13-20(28-27(30(40)42-3)17(2)36-31(41)37-28)8-9-24(25)44-16-26(39)38-35-14-19-11-22(32)29(23(33)12-19)45-15-18-6-5-7-21(34)10-18/h5-14,26,28,38-39H,4,15-16H2,1-3H3,(H2,36,37,41)/b35-14-/t26-,28-/m0/s1. The molecule has 0 fully saturated rings. The van der Waals surface area contributed by atoms with E-state index in [2.05, 4.69) is 53.0 Å². The highest BCUT2D eigenvalue weighted by atomic mass is 79.9. The number of aliphatic hydroxyl groups is 1. The largest absolute Gasteiger partial charge is 0.490 e. The van der Waals surface area contributed by atoms with Crippen LogP contribution >= 0.6 is 31.9 Å². The van der Waals surface area contributed by atoms with Crippen LogP contribution in [0.1, 0.15) is 36.6 Å².